The zero-order valence-corrected chi connectivity index (χ0v) is 20.1. The molecule has 0 fully saturated rings. The molecule has 0 saturated carbocycles. The van der Waals surface area contributed by atoms with E-state index < -0.39 is 12.0 Å². The van der Waals surface area contributed by atoms with Gasteiger partial charge in [0.2, 0.25) is 5.91 Å². The van der Waals surface area contributed by atoms with Crippen LogP contribution in [0.1, 0.15) is 65.4 Å². The van der Waals surface area contributed by atoms with Crippen LogP contribution in [0.2, 0.25) is 0 Å². The summed E-state index contributed by atoms with van der Waals surface area (Å²) in [6.07, 6.45) is 7.06. The molecule has 182 valence electrons. The van der Waals surface area contributed by atoms with Crippen molar-refractivity contribution in [2.45, 2.75) is 78.8 Å². The first-order valence-corrected chi connectivity index (χ1v) is 11.5. The van der Waals surface area contributed by atoms with E-state index in [4.69, 9.17) is 4.74 Å². The van der Waals surface area contributed by atoms with Gasteiger partial charge in [0.25, 0.3) is 5.56 Å². The molecule has 0 saturated heterocycles. The van der Waals surface area contributed by atoms with Gasteiger partial charge in [-0.05, 0) is 38.2 Å². The summed E-state index contributed by atoms with van der Waals surface area (Å²) in [4.78, 5) is 60.7. The van der Waals surface area contributed by atoms with Crippen LogP contribution in [0.25, 0.3) is 0 Å². The molecular weight excluding hydrogens is 424 g/mol. The van der Waals surface area contributed by atoms with E-state index >= 15 is 0 Å². The second-order valence-electron chi connectivity index (χ2n) is 8.42. The number of hydrogen-bond donors (Lipinski definition) is 1. The first-order valence-electron chi connectivity index (χ1n) is 11.5. The van der Waals surface area contributed by atoms with Crippen molar-refractivity contribution >= 4 is 23.4 Å². The van der Waals surface area contributed by atoms with Crippen molar-refractivity contribution in [2.75, 3.05) is 6.61 Å². The normalized spacial score (nSPS) is 12.0. The van der Waals surface area contributed by atoms with Gasteiger partial charge in [0, 0.05) is 37.6 Å². The highest BCUT2D eigenvalue weighted by Crippen LogP contribution is 2.08. The van der Waals surface area contributed by atoms with E-state index in [0.717, 1.165) is 12.8 Å². The van der Waals surface area contributed by atoms with Crippen LogP contribution in [0, 0.1) is 5.92 Å². The van der Waals surface area contributed by atoms with Gasteiger partial charge in [-0.1, -0.05) is 32.4 Å². The van der Waals surface area contributed by atoms with E-state index in [-0.39, 0.29) is 54.6 Å². The van der Waals surface area contributed by atoms with Gasteiger partial charge in [-0.15, -0.1) is 0 Å². The molecule has 1 aromatic rings. The minimum Gasteiger partial charge on any atom is -0.463 e. The van der Waals surface area contributed by atoms with Gasteiger partial charge in [0.1, 0.15) is 0 Å². The maximum absolute atomic E-state index is 12.8. The Morgan fingerprint density at radius 1 is 1.18 bits per heavy atom. The van der Waals surface area contributed by atoms with Crippen LogP contribution < -0.4 is 10.9 Å². The molecule has 1 atom stereocenters. The first kappa shape index (κ1) is 28.0. The van der Waals surface area contributed by atoms with Gasteiger partial charge < -0.3 is 14.6 Å². The molecule has 1 heterocycles. The lowest BCUT2D eigenvalue weighted by molar-refractivity contribution is -0.137. The summed E-state index contributed by atoms with van der Waals surface area (Å²) in [5.74, 6) is -0.644. The number of amides is 1. The molecule has 1 rings (SSSR count). The van der Waals surface area contributed by atoms with E-state index in [9.17, 15) is 24.0 Å². The number of carbonyl (C=O) groups excluding carboxylic acids is 4. The number of ether oxygens (including phenoxy) is 1. The molecule has 1 aromatic heterocycles. The molecule has 0 bridgehead atoms. The number of esters is 1. The summed E-state index contributed by atoms with van der Waals surface area (Å²) in [7, 11) is 0. The third kappa shape index (κ3) is 11.4. The lowest BCUT2D eigenvalue weighted by atomic mass is 10.0. The van der Waals surface area contributed by atoms with Crippen molar-refractivity contribution in [3.05, 3.63) is 46.4 Å². The second kappa shape index (κ2) is 14.9. The van der Waals surface area contributed by atoms with Crippen molar-refractivity contribution in [2.24, 2.45) is 5.92 Å². The number of ketones is 2. The predicted molar refractivity (Wildman–Crippen MR) is 126 cm³/mol. The van der Waals surface area contributed by atoms with Crippen LogP contribution in [0.5, 0.6) is 0 Å². The van der Waals surface area contributed by atoms with Gasteiger partial charge in [0.15, 0.2) is 11.6 Å². The molecule has 0 unspecified atom stereocenters. The molecule has 0 aromatic carbocycles. The fraction of sp³-hybridized carbons (Fsp3) is 0.560. The van der Waals surface area contributed by atoms with E-state index in [1.54, 1.807) is 31.3 Å². The van der Waals surface area contributed by atoms with Crippen molar-refractivity contribution in [3.8, 4) is 0 Å². The van der Waals surface area contributed by atoms with Crippen molar-refractivity contribution < 1.29 is 23.9 Å². The summed E-state index contributed by atoms with van der Waals surface area (Å²) in [5.41, 5.74) is -0.110. The van der Waals surface area contributed by atoms with E-state index in [1.165, 1.54) is 17.6 Å². The summed E-state index contributed by atoms with van der Waals surface area (Å²) in [5, 5.41) is 2.61. The van der Waals surface area contributed by atoms with Crippen LogP contribution in [-0.4, -0.2) is 40.7 Å². The number of hydrogen-bond acceptors (Lipinski definition) is 6. The molecule has 33 heavy (non-hydrogen) atoms. The topological polar surface area (TPSA) is 112 Å². The standard InChI is InChI=1S/C25H36N2O6/c1-5-33-24(31)14-7-6-13-22(26-19(4)28)23(30)16-20-11-9-15-27(25(20)32)17-21(29)12-8-10-18(2)3/h7,9,11,14-15,18,22H,5-6,8,10,12-13,16-17H2,1-4H3,(H,26,28)/b14-7+/t22-/m0/s1. The molecule has 0 aliphatic carbocycles. The van der Waals surface area contributed by atoms with Crippen molar-refractivity contribution in [3.63, 3.8) is 0 Å². The first-order chi connectivity index (χ1) is 15.6. The SMILES string of the molecule is CCOC(=O)/C=C/CC[C@H](NC(C)=O)C(=O)Cc1cccn(CC(=O)CCCC(C)C)c1=O. The fourth-order valence-corrected chi connectivity index (χ4v) is 3.32. The van der Waals surface area contributed by atoms with Gasteiger partial charge in [-0.25, -0.2) is 4.79 Å². The molecule has 0 aliphatic heterocycles. The fourth-order valence-electron chi connectivity index (χ4n) is 3.32. The zero-order chi connectivity index (χ0) is 24.8. The van der Waals surface area contributed by atoms with Crippen LogP contribution in [0.15, 0.2) is 35.3 Å². The second-order valence-corrected chi connectivity index (χ2v) is 8.42. The lowest BCUT2D eigenvalue weighted by Crippen LogP contribution is -2.41. The van der Waals surface area contributed by atoms with Gasteiger partial charge in [-0.2, -0.15) is 0 Å². The minimum atomic E-state index is -0.792. The van der Waals surface area contributed by atoms with E-state index in [1.807, 2.05) is 0 Å². The summed E-state index contributed by atoms with van der Waals surface area (Å²) in [6, 6.07) is 2.41. The van der Waals surface area contributed by atoms with Gasteiger partial charge >= 0.3 is 5.97 Å². The third-order valence-electron chi connectivity index (χ3n) is 4.98. The highest BCUT2D eigenvalue weighted by molar-refractivity contribution is 5.89. The summed E-state index contributed by atoms with van der Waals surface area (Å²) >= 11 is 0. The molecule has 8 nitrogen and oxygen atoms in total. The number of pyridine rings is 1. The highest BCUT2D eigenvalue weighted by Gasteiger charge is 2.20. The van der Waals surface area contributed by atoms with Crippen LogP contribution >= 0.6 is 0 Å². The van der Waals surface area contributed by atoms with Crippen LogP contribution in [0.4, 0.5) is 0 Å². The number of aromatic nitrogens is 1. The number of carbonyl (C=O) groups is 4. The van der Waals surface area contributed by atoms with Crippen LogP contribution in [-0.2, 0) is 36.9 Å². The number of allylic oxidation sites excluding steroid dienone is 1. The molecule has 8 heteroatoms. The number of nitrogens with one attached hydrogen (secondary N) is 1. The van der Waals surface area contributed by atoms with Crippen molar-refractivity contribution in [1.82, 2.24) is 9.88 Å². The van der Waals surface area contributed by atoms with E-state index in [2.05, 4.69) is 19.2 Å². The maximum Gasteiger partial charge on any atom is 0.330 e. The Bertz CT molecular complexity index is 900. The molecule has 1 amide bonds. The Morgan fingerprint density at radius 2 is 1.91 bits per heavy atom. The Morgan fingerprint density at radius 3 is 2.55 bits per heavy atom. The largest absolute Gasteiger partial charge is 0.463 e. The molecular formula is C25H36N2O6. The molecule has 1 N–H and O–H groups in total. The minimum absolute atomic E-state index is 0.0211. The zero-order valence-electron chi connectivity index (χ0n) is 20.1. The van der Waals surface area contributed by atoms with Crippen LogP contribution in [0.3, 0.4) is 0 Å². The summed E-state index contributed by atoms with van der Waals surface area (Å²) in [6.45, 7) is 7.47. The molecule has 0 radical (unpaired) electrons. The Kier molecular flexibility index (Phi) is 12.7. The summed E-state index contributed by atoms with van der Waals surface area (Å²) < 4.78 is 6.13. The average molecular weight is 461 g/mol. The smallest absolute Gasteiger partial charge is 0.330 e. The Balaban J connectivity index is 2.79. The number of rotatable bonds is 15. The van der Waals surface area contributed by atoms with Crippen molar-refractivity contribution in [1.29, 1.82) is 0 Å². The quantitative estimate of drug-likeness (QED) is 0.318. The number of nitrogens with zero attached hydrogens (tertiary/aromatic N) is 1. The monoisotopic (exact) mass is 460 g/mol. The third-order valence-corrected chi connectivity index (χ3v) is 4.98. The molecule has 0 aliphatic rings. The van der Waals surface area contributed by atoms with Gasteiger partial charge in [0.05, 0.1) is 19.2 Å². The molecule has 0 spiro atoms. The predicted octanol–water partition coefficient (Wildman–Crippen LogP) is 2.76. The highest BCUT2D eigenvalue weighted by atomic mass is 16.5. The lowest BCUT2D eigenvalue weighted by Gasteiger charge is -2.16. The number of Topliss-reactive ketones (excluding diaryl/α,β-unsaturated/α-hetero) is 2. The Labute approximate surface area is 195 Å². The average Bonchev–Trinajstić information content (AvgIpc) is 2.72. The van der Waals surface area contributed by atoms with Gasteiger partial charge in [-0.3, -0.25) is 19.2 Å². The van der Waals surface area contributed by atoms with E-state index in [0.29, 0.717) is 18.8 Å². The Hall–Kier alpha value is -3.03. The maximum atomic E-state index is 12.8.